The summed E-state index contributed by atoms with van der Waals surface area (Å²) < 4.78 is 26.8. The van der Waals surface area contributed by atoms with Crippen LogP contribution in [0.15, 0.2) is 91.1 Å². The third-order valence-corrected chi connectivity index (χ3v) is 7.66. The molecule has 1 aromatic heterocycles. The average molecular weight is 654 g/mol. The van der Waals surface area contributed by atoms with Crippen LogP contribution in [-0.2, 0) is 16.4 Å². The number of benzene rings is 4. The van der Waals surface area contributed by atoms with E-state index in [2.05, 4.69) is 25.7 Å². The molecular formula is C35H35N5O6S. The summed E-state index contributed by atoms with van der Waals surface area (Å²) >= 11 is 0. The van der Waals surface area contributed by atoms with Crippen molar-refractivity contribution in [3.63, 3.8) is 0 Å². The van der Waals surface area contributed by atoms with Gasteiger partial charge in [-0.25, -0.2) is 18.8 Å². The Kier molecular flexibility index (Phi) is 9.62. The van der Waals surface area contributed by atoms with Gasteiger partial charge in [0, 0.05) is 35.0 Å². The molecule has 5 aromatic rings. The number of carboxylic acid groups (broad SMARTS) is 1. The number of anilines is 5. The van der Waals surface area contributed by atoms with Gasteiger partial charge >= 0.3 is 12.0 Å². The third-order valence-electron chi connectivity index (χ3n) is 7.16. The molecule has 0 aliphatic rings. The second-order valence-electron chi connectivity index (χ2n) is 11.6. The number of amides is 2. The first-order valence-corrected chi connectivity index (χ1v) is 16.1. The molecule has 4 aromatic carbocycles. The Morgan fingerprint density at radius 1 is 0.851 bits per heavy atom. The van der Waals surface area contributed by atoms with Crippen molar-refractivity contribution in [3.8, 4) is 17.2 Å². The molecule has 5 rings (SSSR count). The molecule has 0 saturated heterocycles. The Hall–Kier alpha value is -5.62. The fraction of sp³-hybridized carbons (Fsp3) is 0.171. The number of carbonyl (C=O) groups excluding carboxylic acids is 1. The number of hydrogen-bond donors (Lipinski definition) is 5. The summed E-state index contributed by atoms with van der Waals surface area (Å²) in [6, 6.07) is 24.1. The lowest BCUT2D eigenvalue weighted by Crippen LogP contribution is -2.21. The van der Waals surface area contributed by atoms with Gasteiger partial charge in [0.2, 0.25) is 0 Å². The lowest BCUT2D eigenvalue weighted by molar-refractivity contribution is 0.0697. The first kappa shape index (κ1) is 32.8. The zero-order valence-electron chi connectivity index (χ0n) is 26.5. The Morgan fingerprint density at radius 2 is 1.53 bits per heavy atom. The predicted octanol–water partition coefficient (Wildman–Crippen LogP) is 8.12. The number of aromatic carboxylic acids is 1. The normalized spacial score (nSPS) is 11.8. The molecule has 0 spiro atoms. The largest absolute Gasteiger partial charge is 0.492 e. The minimum Gasteiger partial charge on any atom is -0.492 e. The lowest BCUT2D eigenvalue weighted by Gasteiger charge is -2.24. The van der Waals surface area contributed by atoms with E-state index in [0.29, 0.717) is 45.8 Å². The van der Waals surface area contributed by atoms with Crippen LogP contribution in [0.2, 0.25) is 0 Å². The minimum atomic E-state index is -1.36. The van der Waals surface area contributed by atoms with E-state index in [0.717, 1.165) is 16.3 Å². The molecule has 1 atom stereocenters. The highest BCUT2D eigenvalue weighted by molar-refractivity contribution is 7.85. The van der Waals surface area contributed by atoms with Crippen LogP contribution in [0.1, 0.15) is 36.7 Å². The minimum absolute atomic E-state index is 0.189. The standard InChI is InChI=1S/C35H35N5O6S/c1-35(2,3)22-18-28(32(45-4)29(19-22)40-47(5)44)39-34(43)38-27-14-15-30(26-9-7-6-8-25(26)27)46-24-16-17-36-31(20-24)37-23-12-10-21(11-13-23)33(41)42/h6-20,40H,1-5H3,(H,36,37)(H,41,42)(H2,38,39,43). The first-order valence-electron chi connectivity index (χ1n) is 14.6. The quantitative estimate of drug-likeness (QED) is 0.101. The van der Waals surface area contributed by atoms with Gasteiger partial charge in [0.25, 0.3) is 0 Å². The van der Waals surface area contributed by atoms with Crippen LogP contribution in [0.25, 0.3) is 10.8 Å². The van der Waals surface area contributed by atoms with E-state index in [1.807, 2.05) is 57.2 Å². The summed E-state index contributed by atoms with van der Waals surface area (Å²) in [4.78, 5) is 28.9. The van der Waals surface area contributed by atoms with Crippen molar-refractivity contribution in [1.29, 1.82) is 0 Å². The SMILES string of the molecule is COc1c(NC(=O)Nc2ccc(Oc3ccnc(Nc4ccc(C(=O)O)cc4)c3)c3ccccc23)cc(C(C)(C)C)cc1NS(C)=O. The lowest BCUT2D eigenvalue weighted by atomic mass is 9.86. The predicted molar refractivity (Wildman–Crippen MR) is 187 cm³/mol. The number of carboxylic acids is 1. The average Bonchev–Trinajstić information content (AvgIpc) is 3.02. The van der Waals surface area contributed by atoms with Crippen molar-refractivity contribution >= 4 is 62.3 Å². The Bertz CT molecular complexity index is 1970. The van der Waals surface area contributed by atoms with Crippen molar-refractivity contribution in [1.82, 2.24) is 4.98 Å². The summed E-state index contributed by atoms with van der Waals surface area (Å²) in [6.45, 7) is 6.14. The van der Waals surface area contributed by atoms with Gasteiger partial charge in [-0.15, -0.1) is 0 Å². The van der Waals surface area contributed by atoms with Crippen LogP contribution in [-0.4, -0.2) is 39.7 Å². The van der Waals surface area contributed by atoms with E-state index >= 15 is 0 Å². The molecule has 0 bridgehead atoms. The van der Waals surface area contributed by atoms with Crippen LogP contribution in [0.5, 0.6) is 17.2 Å². The van der Waals surface area contributed by atoms with Crippen LogP contribution in [0.4, 0.5) is 33.4 Å². The number of nitrogens with one attached hydrogen (secondary N) is 4. The smallest absolute Gasteiger partial charge is 0.335 e. The van der Waals surface area contributed by atoms with E-state index < -0.39 is 23.0 Å². The van der Waals surface area contributed by atoms with Gasteiger partial charge in [-0.1, -0.05) is 45.0 Å². The molecule has 2 amide bonds. The first-order chi connectivity index (χ1) is 22.4. The number of methoxy groups -OCH3 is 1. The van der Waals surface area contributed by atoms with Crippen molar-refractivity contribution in [2.45, 2.75) is 26.2 Å². The fourth-order valence-electron chi connectivity index (χ4n) is 4.86. The monoisotopic (exact) mass is 653 g/mol. The summed E-state index contributed by atoms with van der Waals surface area (Å²) in [7, 11) is 0.134. The molecule has 12 heteroatoms. The maximum Gasteiger partial charge on any atom is 0.335 e. The number of urea groups is 1. The number of aromatic nitrogens is 1. The molecular weight excluding hydrogens is 618 g/mol. The highest BCUT2D eigenvalue weighted by Crippen LogP contribution is 2.39. The van der Waals surface area contributed by atoms with E-state index in [9.17, 15) is 13.8 Å². The molecule has 242 valence electrons. The zero-order chi connectivity index (χ0) is 33.7. The van der Waals surface area contributed by atoms with Crippen LogP contribution >= 0.6 is 0 Å². The fourth-order valence-corrected chi connectivity index (χ4v) is 5.33. The number of ether oxygens (including phenoxy) is 2. The number of rotatable bonds is 10. The number of hydrogen-bond acceptors (Lipinski definition) is 7. The Labute approximate surface area is 274 Å². The summed E-state index contributed by atoms with van der Waals surface area (Å²) in [6.07, 6.45) is 3.13. The van der Waals surface area contributed by atoms with Gasteiger partial charge in [-0.2, -0.15) is 0 Å². The van der Waals surface area contributed by atoms with Crippen LogP contribution < -0.4 is 30.1 Å². The molecule has 0 aliphatic heterocycles. The highest BCUT2D eigenvalue weighted by atomic mass is 32.2. The maximum absolute atomic E-state index is 13.4. The van der Waals surface area contributed by atoms with E-state index in [1.165, 1.54) is 25.5 Å². The maximum atomic E-state index is 13.4. The van der Waals surface area contributed by atoms with Gasteiger partial charge in [-0.05, 0) is 65.6 Å². The molecule has 0 fully saturated rings. The van der Waals surface area contributed by atoms with Gasteiger partial charge in [-0.3, -0.25) is 0 Å². The van der Waals surface area contributed by atoms with Gasteiger partial charge < -0.3 is 35.3 Å². The molecule has 0 radical (unpaired) electrons. The number of pyridine rings is 1. The number of nitrogens with zero attached hydrogens (tertiary/aromatic N) is 1. The van der Waals surface area contributed by atoms with Gasteiger partial charge in [0.15, 0.2) is 5.75 Å². The van der Waals surface area contributed by atoms with Crippen molar-refractivity contribution in [2.75, 3.05) is 34.0 Å². The second kappa shape index (κ2) is 13.8. The third kappa shape index (κ3) is 7.97. The second-order valence-corrected chi connectivity index (χ2v) is 12.7. The van der Waals surface area contributed by atoms with Crippen LogP contribution in [0.3, 0.4) is 0 Å². The molecule has 1 heterocycles. The van der Waals surface area contributed by atoms with Crippen LogP contribution in [0, 0.1) is 0 Å². The zero-order valence-corrected chi connectivity index (χ0v) is 27.3. The van der Waals surface area contributed by atoms with E-state index in [1.54, 1.807) is 42.6 Å². The van der Waals surface area contributed by atoms with E-state index in [4.69, 9.17) is 14.6 Å². The van der Waals surface area contributed by atoms with Gasteiger partial charge in [0.05, 0.1) is 29.7 Å². The topological polar surface area (TPSA) is 151 Å². The Morgan fingerprint density at radius 3 is 2.19 bits per heavy atom. The highest BCUT2D eigenvalue weighted by Gasteiger charge is 2.22. The van der Waals surface area contributed by atoms with Crippen molar-refractivity contribution < 1.29 is 28.4 Å². The summed E-state index contributed by atoms with van der Waals surface area (Å²) in [5.74, 6) is 0.970. The Balaban J connectivity index is 1.37. The van der Waals surface area contributed by atoms with Crippen molar-refractivity contribution in [3.05, 3.63) is 102 Å². The molecule has 0 aliphatic carbocycles. The molecule has 1 unspecified atom stereocenters. The number of carbonyl (C=O) groups is 2. The van der Waals surface area contributed by atoms with Crippen molar-refractivity contribution in [2.24, 2.45) is 0 Å². The summed E-state index contributed by atoms with van der Waals surface area (Å²) in [5.41, 5.74) is 3.02. The van der Waals surface area contributed by atoms with Gasteiger partial charge in [0.1, 0.15) is 28.3 Å². The molecule has 5 N–H and O–H groups in total. The molecule has 47 heavy (non-hydrogen) atoms. The number of fused-ring (bicyclic) bond motifs is 1. The van der Waals surface area contributed by atoms with E-state index in [-0.39, 0.29) is 11.0 Å². The summed E-state index contributed by atoms with van der Waals surface area (Å²) in [5, 5.41) is 19.7. The molecule has 0 saturated carbocycles. The molecule has 11 nitrogen and oxygen atoms in total.